The number of ether oxygens (including phenoxy) is 1. The van der Waals surface area contributed by atoms with E-state index in [-0.39, 0.29) is 0 Å². The van der Waals surface area contributed by atoms with E-state index in [4.69, 9.17) is 4.74 Å². The minimum absolute atomic E-state index is 0.402. The van der Waals surface area contributed by atoms with Crippen LogP contribution in [0, 0.1) is 0 Å². The van der Waals surface area contributed by atoms with Crippen LogP contribution in [0.2, 0.25) is 0 Å². The SMILES string of the molecule is C1=C2OC2C2=C(C1)NCC2. The zero-order chi connectivity index (χ0) is 6.55. The van der Waals surface area contributed by atoms with E-state index >= 15 is 0 Å². The van der Waals surface area contributed by atoms with Gasteiger partial charge >= 0.3 is 0 Å². The molecule has 0 aromatic rings. The molecule has 1 saturated heterocycles. The molecule has 1 unspecified atom stereocenters. The summed E-state index contributed by atoms with van der Waals surface area (Å²) in [5.74, 6) is 1.21. The summed E-state index contributed by atoms with van der Waals surface area (Å²) in [6.45, 7) is 1.12. The first-order valence-electron chi connectivity index (χ1n) is 3.77. The van der Waals surface area contributed by atoms with Crippen molar-refractivity contribution in [3.05, 3.63) is 23.1 Å². The van der Waals surface area contributed by atoms with Crippen LogP contribution in [0.25, 0.3) is 0 Å². The standard InChI is InChI=1S/C8H9NO/c1-2-7-8(10-7)5-3-4-9-6(1)5/h2,8-9H,1,3-4H2. The zero-order valence-electron chi connectivity index (χ0n) is 5.68. The first-order valence-corrected chi connectivity index (χ1v) is 3.77. The molecular weight excluding hydrogens is 126 g/mol. The highest BCUT2D eigenvalue weighted by molar-refractivity contribution is 5.41. The van der Waals surface area contributed by atoms with Crippen LogP contribution in [0.5, 0.6) is 0 Å². The Morgan fingerprint density at radius 2 is 2.60 bits per heavy atom. The highest BCUT2D eigenvalue weighted by atomic mass is 16.6. The first-order chi connectivity index (χ1) is 4.95. The minimum atomic E-state index is 0.402. The molecule has 1 fully saturated rings. The molecule has 1 atom stereocenters. The Kier molecular flexibility index (Phi) is 0.670. The Hall–Kier alpha value is -0.920. The van der Waals surface area contributed by atoms with Gasteiger partial charge < -0.3 is 10.1 Å². The molecule has 1 aliphatic carbocycles. The maximum atomic E-state index is 5.35. The number of hydrogen-bond acceptors (Lipinski definition) is 2. The molecule has 3 rings (SSSR count). The highest BCUT2D eigenvalue weighted by Crippen LogP contribution is 2.42. The molecule has 0 aromatic heterocycles. The summed E-state index contributed by atoms with van der Waals surface area (Å²) >= 11 is 0. The van der Waals surface area contributed by atoms with Crippen molar-refractivity contribution < 1.29 is 4.74 Å². The molecule has 2 heterocycles. The summed E-state index contributed by atoms with van der Waals surface area (Å²) in [5, 5.41) is 3.37. The molecule has 2 aliphatic heterocycles. The second kappa shape index (κ2) is 1.39. The van der Waals surface area contributed by atoms with E-state index in [0.29, 0.717) is 6.10 Å². The molecule has 0 spiro atoms. The molecule has 10 heavy (non-hydrogen) atoms. The van der Waals surface area contributed by atoms with Crippen molar-refractivity contribution in [1.82, 2.24) is 5.32 Å². The van der Waals surface area contributed by atoms with E-state index in [1.165, 1.54) is 23.5 Å². The van der Waals surface area contributed by atoms with E-state index in [9.17, 15) is 0 Å². The molecular formula is C8H9NO. The summed E-state index contributed by atoms with van der Waals surface area (Å²) in [4.78, 5) is 0. The van der Waals surface area contributed by atoms with Crippen molar-refractivity contribution in [2.75, 3.05) is 6.54 Å². The van der Waals surface area contributed by atoms with Gasteiger partial charge in [0.15, 0.2) is 6.10 Å². The van der Waals surface area contributed by atoms with Gasteiger partial charge in [0, 0.05) is 18.7 Å². The molecule has 0 saturated carbocycles. The lowest BCUT2D eigenvalue weighted by atomic mass is 10.0. The second-order valence-electron chi connectivity index (χ2n) is 2.99. The van der Waals surface area contributed by atoms with Crippen molar-refractivity contribution in [3.8, 4) is 0 Å². The largest absolute Gasteiger partial charge is 0.478 e. The van der Waals surface area contributed by atoms with Gasteiger partial charge in [-0.25, -0.2) is 0 Å². The third-order valence-corrected chi connectivity index (χ3v) is 2.40. The van der Waals surface area contributed by atoms with Crippen molar-refractivity contribution in [3.63, 3.8) is 0 Å². The molecule has 52 valence electrons. The van der Waals surface area contributed by atoms with Crippen molar-refractivity contribution in [2.24, 2.45) is 0 Å². The van der Waals surface area contributed by atoms with Crippen LogP contribution in [0.4, 0.5) is 0 Å². The van der Waals surface area contributed by atoms with E-state index in [1.54, 1.807) is 0 Å². The highest BCUT2D eigenvalue weighted by Gasteiger charge is 2.41. The van der Waals surface area contributed by atoms with Crippen LogP contribution < -0.4 is 5.32 Å². The average molecular weight is 135 g/mol. The van der Waals surface area contributed by atoms with Crippen LogP contribution in [0.3, 0.4) is 0 Å². The summed E-state index contributed by atoms with van der Waals surface area (Å²) in [6.07, 6.45) is 4.85. The van der Waals surface area contributed by atoms with Crippen LogP contribution in [-0.2, 0) is 4.74 Å². The molecule has 2 heteroatoms. The van der Waals surface area contributed by atoms with E-state index < -0.39 is 0 Å². The predicted octanol–water partition coefficient (Wildman–Crippen LogP) is 0.920. The van der Waals surface area contributed by atoms with Gasteiger partial charge in [-0.1, -0.05) is 0 Å². The average Bonchev–Trinajstić information content (AvgIpc) is 2.60. The monoisotopic (exact) mass is 135 g/mol. The van der Waals surface area contributed by atoms with Gasteiger partial charge in [0.2, 0.25) is 0 Å². The van der Waals surface area contributed by atoms with Gasteiger partial charge in [-0.15, -0.1) is 0 Å². The van der Waals surface area contributed by atoms with Crippen molar-refractivity contribution in [1.29, 1.82) is 0 Å². The molecule has 0 radical (unpaired) electrons. The fraction of sp³-hybridized carbons (Fsp3) is 0.500. The van der Waals surface area contributed by atoms with Crippen LogP contribution in [0.1, 0.15) is 12.8 Å². The van der Waals surface area contributed by atoms with Crippen molar-refractivity contribution in [2.45, 2.75) is 18.9 Å². The third kappa shape index (κ3) is 0.451. The Morgan fingerprint density at radius 3 is 3.60 bits per heavy atom. The lowest BCUT2D eigenvalue weighted by molar-refractivity contribution is 0.453. The van der Waals surface area contributed by atoms with Gasteiger partial charge in [0.25, 0.3) is 0 Å². The maximum absolute atomic E-state index is 5.35. The molecule has 0 amide bonds. The second-order valence-corrected chi connectivity index (χ2v) is 2.99. The number of hydrogen-bond donors (Lipinski definition) is 1. The summed E-state index contributed by atoms with van der Waals surface area (Å²) in [6, 6.07) is 0. The Balaban J connectivity index is 2.04. The normalized spacial score (nSPS) is 33.6. The lowest BCUT2D eigenvalue weighted by Gasteiger charge is -2.02. The fourth-order valence-corrected chi connectivity index (χ4v) is 1.81. The van der Waals surface area contributed by atoms with Gasteiger partial charge in [-0.05, 0) is 18.1 Å². The summed E-state index contributed by atoms with van der Waals surface area (Å²) < 4.78 is 5.35. The number of rotatable bonds is 0. The maximum Gasteiger partial charge on any atom is 0.178 e. The van der Waals surface area contributed by atoms with Crippen LogP contribution in [-0.4, -0.2) is 12.6 Å². The van der Waals surface area contributed by atoms with Gasteiger partial charge in [0.1, 0.15) is 5.76 Å². The molecule has 3 aliphatic rings. The third-order valence-electron chi connectivity index (χ3n) is 2.40. The number of epoxide rings is 1. The smallest absolute Gasteiger partial charge is 0.178 e. The predicted molar refractivity (Wildman–Crippen MR) is 37.2 cm³/mol. The summed E-state index contributed by atoms with van der Waals surface area (Å²) in [5.41, 5.74) is 2.93. The van der Waals surface area contributed by atoms with E-state index in [2.05, 4.69) is 11.4 Å². The summed E-state index contributed by atoms with van der Waals surface area (Å²) in [7, 11) is 0. The Morgan fingerprint density at radius 1 is 1.60 bits per heavy atom. The molecule has 0 bridgehead atoms. The minimum Gasteiger partial charge on any atom is -0.478 e. The Labute approximate surface area is 59.6 Å². The quantitative estimate of drug-likeness (QED) is 0.499. The number of nitrogens with one attached hydrogen (secondary N) is 1. The molecule has 1 N–H and O–H groups in total. The lowest BCUT2D eigenvalue weighted by Crippen LogP contribution is -2.07. The fourth-order valence-electron chi connectivity index (χ4n) is 1.81. The van der Waals surface area contributed by atoms with Gasteiger partial charge in [-0.3, -0.25) is 0 Å². The van der Waals surface area contributed by atoms with Crippen LogP contribution >= 0.6 is 0 Å². The van der Waals surface area contributed by atoms with E-state index in [0.717, 1.165) is 13.0 Å². The molecule has 2 nitrogen and oxygen atoms in total. The van der Waals surface area contributed by atoms with Gasteiger partial charge in [-0.2, -0.15) is 0 Å². The number of fused-ring (bicyclic) bond motifs is 2. The topological polar surface area (TPSA) is 24.6 Å². The Bertz CT molecular complexity index is 252. The van der Waals surface area contributed by atoms with Crippen molar-refractivity contribution >= 4 is 0 Å². The number of allylic oxidation sites excluding steroid dienone is 1. The van der Waals surface area contributed by atoms with E-state index in [1.807, 2.05) is 0 Å². The van der Waals surface area contributed by atoms with Crippen LogP contribution in [0.15, 0.2) is 23.1 Å². The first kappa shape index (κ1) is 4.83. The van der Waals surface area contributed by atoms with Gasteiger partial charge in [0.05, 0.1) is 0 Å². The molecule has 0 aromatic carbocycles. The zero-order valence-corrected chi connectivity index (χ0v) is 5.68.